The molecule has 4 rings (SSSR count). The summed E-state index contributed by atoms with van der Waals surface area (Å²) >= 11 is 0. The van der Waals surface area contributed by atoms with E-state index in [0.29, 0.717) is 24.8 Å². The minimum atomic E-state index is -0.290. The lowest BCUT2D eigenvalue weighted by atomic mass is 10.0. The summed E-state index contributed by atoms with van der Waals surface area (Å²) in [6.45, 7) is 1.38. The summed E-state index contributed by atoms with van der Waals surface area (Å²) in [5.41, 5.74) is 1.46. The predicted octanol–water partition coefficient (Wildman–Crippen LogP) is 2.39. The summed E-state index contributed by atoms with van der Waals surface area (Å²) in [6.07, 6.45) is 5.20. The first-order chi connectivity index (χ1) is 11.6. The highest BCUT2D eigenvalue weighted by Gasteiger charge is 2.26. The van der Waals surface area contributed by atoms with Gasteiger partial charge in [0.1, 0.15) is 24.2 Å². The molecule has 1 aliphatic heterocycles. The van der Waals surface area contributed by atoms with E-state index in [1.165, 1.54) is 12.1 Å². The lowest BCUT2D eigenvalue weighted by molar-refractivity contribution is 0.0685. The van der Waals surface area contributed by atoms with Gasteiger partial charge in [-0.3, -0.25) is 4.79 Å². The Morgan fingerprint density at radius 3 is 2.58 bits per heavy atom. The Morgan fingerprint density at radius 1 is 1.17 bits per heavy atom. The molecule has 6 nitrogen and oxygen atoms in total. The van der Waals surface area contributed by atoms with E-state index in [1.54, 1.807) is 24.8 Å². The van der Waals surface area contributed by atoms with Crippen molar-refractivity contribution in [2.75, 3.05) is 13.1 Å². The topological polar surface area (TPSA) is 56.0 Å². The molecule has 24 heavy (non-hydrogen) atoms. The summed E-state index contributed by atoms with van der Waals surface area (Å²) in [5, 5.41) is 8.43. The fourth-order valence-corrected chi connectivity index (χ4v) is 3.45. The Labute approximate surface area is 138 Å². The maximum Gasteiger partial charge on any atom is 0.270 e. The highest BCUT2D eigenvalue weighted by molar-refractivity contribution is 5.98. The number of piperidine rings is 1. The molecule has 3 heterocycles. The molecule has 0 aliphatic carbocycles. The molecule has 0 saturated carbocycles. The van der Waals surface area contributed by atoms with Crippen LogP contribution in [0.1, 0.15) is 29.4 Å². The number of hydrogen-bond acceptors (Lipinski definition) is 3. The van der Waals surface area contributed by atoms with Crippen molar-refractivity contribution in [3.63, 3.8) is 0 Å². The van der Waals surface area contributed by atoms with Gasteiger partial charge in [-0.15, -0.1) is 10.2 Å². The number of carbonyl (C=O) groups is 1. The number of likely N-dealkylation sites (tertiary alicyclic amines) is 1. The highest BCUT2D eigenvalue weighted by Crippen LogP contribution is 2.25. The molecule has 0 N–H and O–H groups in total. The number of fused-ring (bicyclic) bond motifs is 1. The van der Waals surface area contributed by atoms with Gasteiger partial charge in [-0.05, 0) is 37.1 Å². The molecule has 1 fully saturated rings. The first kappa shape index (κ1) is 14.9. The van der Waals surface area contributed by atoms with E-state index in [2.05, 4.69) is 10.2 Å². The number of aromatic nitrogens is 4. The van der Waals surface area contributed by atoms with Crippen molar-refractivity contribution in [2.45, 2.75) is 18.9 Å². The van der Waals surface area contributed by atoms with Gasteiger partial charge in [-0.1, -0.05) is 0 Å². The van der Waals surface area contributed by atoms with Crippen molar-refractivity contribution in [1.29, 1.82) is 0 Å². The molecule has 0 bridgehead atoms. The van der Waals surface area contributed by atoms with Crippen LogP contribution in [0.4, 0.5) is 4.39 Å². The van der Waals surface area contributed by atoms with Crippen molar-refractivity contribution >= 4 is 16.8 Å². The van der Waals surface area contributed by atoms with Gasteiger partial charge in [0.25, 0.3) is 5.91 Å². The first-order valence-electron chi connectivity index (χ1n) is 8.02. The molecule has 1 aromatic carbocycles. The molecule has 7 heteroatoms. The lowest BCUT2D eigenvalue weighted by Gasteiger charge is -2.32. The van der Waals surface area contributed by atoms with Crippen LogP contribution in [0.25, 0.3) is 10.9 Å². The smallest absolute Gasteiger partial charge is 0.270 e. The van der Waals surface area contributed by atoms with Crippen molar-refractivity contribution in [2.24, 2.45) is 7.05 Å². The van der Waals surface area contributed by atoms with Gasteiger partial charge < -0.3 is 14.0 Å². The molecule has 2 aromatic heterocycles. The third-order valence-electron chi connectivity index (χ3n) is 4.83. The fourth-order valence-electron chi connectivity index (χ4n) is 3.45. The number of rotatable bonds is 2. The third-order valence-corrected chi connectivity index (χ3v) is 4.83. The first-order valence-corrected chi connectivity index (χ1v) is 8.02. The van der Waals surface area contributed by atoms with E-state index in [-0.39, 0.29) is 11.7 Å². The molecule has 1 aliphatic rings. The Morgan fingerprint density at radius 2 is 1.88 bits per heavy atom. The van der Waals surface area contributed by atoms with Crippen LogP contribution in [0.3, 0.4) is 0 Å². The molecule has 3 aromatic rings. The van der Waals surface area contributed by atoms with Gasteiger partial charge in [0, 0.05) is 37.1 Å². The number of nitrogens with zero attached hydrogens (tertiary/aromatic N) is 5. The standard InChI is InChI=1S/C17H18FN5O/c1-21-15-3-2-13(18)8-12(15)9-16(21)17(24)22-6-4-14(5-7-22)23-10-19-20-11-23/h2-3,8-11,14H,4-7H2,1H3. The zero-order valence-corrected chi connectivity index (χ0v) is 13.4. The number of hydrogen-bond donors (Lipinski definition) is 0. The van der Waals surface area contributed by atoms with E-state index >= 15 is 0 Å². The molecule has 1 saturated heterocycles. The third kappa shape index (κ3) is 2.46. The largest absolute Gasteiger partial charge is 0.340 e. The molecule has 0 unspecified atom stereocenters. The number of amides is 1. The molecule has 1 amide bonds. The molecule has 0 radical (unpaired) electrons. The van der Waals surface area contributed by atoms with Crippen LogP contribution in [0, 0.1) is 5.82 Å². The molecular weight excluding hydrogens is 309 g/mol. The quantitative estimate of drug-likeness (QED) is 0.726. The van der Waals surface area contributed by atoms with Gasteiger partial charge in [0.05, 0.1) is 0 Å². The van der Waals surface area contributed by atoms with Gasteiger partial charge in [-0.2, -0.15) is 0 Å². The zero-order valence-electron chi connectivity index (χ0n) is 13.4. The van der Waals surface area contributed by atoms with Crippen LogP contribution in [-0.2, 0) is 7.05 Å². The van der Waals surface area contributed by atoms with Gasteiger partial charge in [0.2, 0.25) is 0 Å². The van der Waals surface area contributed by atoms with Crippen LogP contribution >= 0.6 is 0 Å². The monoisotopic (exact) mass is 327 g/mol. The van der Waals surface area contributed by atoms with Crippen molar-refractivity contribution in [3.8, 4) is 0 Å². The number of halogens is 1. The van der Waals surface area contributed by atoms with E-state index in [9.17, 15) is 9.18 Å². The summed E-state index contributed by atoms with van der Waals surface area (Å²) in [4.78, 5) is 14.7. The molecule has 124 valence electrons. The Balaban J connectivity index is 1.53. The van der Waals surface area contributed by atoms with Gasteiger partial charge in [-0.25, -0.2) is 4.39 Å². The van der Waals surface area contributed by atoms with E-state index in [4.69, 9.17) is 0 Å². The number of aryl methyl sites for hydroxylation is 1. The maximum atomic E-state index is 13.4. The van der Waals surface area contributed by atoms with E-state index < -0.39 is 0 Å². The maximum absolute atomic E-state index is 13.4. The van der Waals surface area contributed by atoms with Crippen LogP contribution < -0.4 is 0 Å². The van der Waals surface area contributed by atoms with Crippen molar-refractivity contribution < 1.29 is 9.18 Å². The molecule has 0 spiro atoms. The van der Waals surface area contributed by atoms with Crippen molar-refractivity contribution in [1.82, 2.24) is 24.2 Å². The minimum absolute atomic E-state index is 0.00341. The van der Waals surface area contributed by atoms with Crippen LogP contribution in [-0.4, -0.2) is 43.2 Å². The van der Waals surface area contributed by atoms with E-state index in [0.717, 1.165) is 23.7 Å². The molecule has 0 atom stereocenters. The van der Waals surface area contributed by atoms with Crippen LogP contribution in [0.5, 0.6) is 0 Å². The zero-order chi connectivity index (χ0) is 16.7. The van der Waals surface area contributed by atoms with Crippen LogP contribution in [0.2, 0.25) is 0 Å². The second-order valence-corrected chi connectivity index (χ2v) is 6.22. The molecular formula is C17H18FN5O. The second kappa shape index (κ2) is 5.74. The van der Waals surface area contributed by atoms with Crippen molar-refractivity contribution in [3.05, 3.63) is 48.4 Å². The van der Waals surface area contributed by atoms with E-state index in [1.807, 2.05) is 21.1 Å². The average Bonchev–Trinajstić information content (AvgIpc) is 3.23. The number of carbonyl (C=O) groups excluding carboxylic acids is 1. The minimum Gasteiger partial charge on any atom is -0.340 e. The number of benzene rings is 1. The average molecular weight is 327 g/mol. The fraction of sp³-hybridized carbons (Fsp3) is 0.353. The summed E-state index contributed by atoms with van der Waals surface area (Å²) in [7, 11) is 1.84. The lowest BCUT2D eigenvalue weighted by Crippen LogP contribution is -2.39. The summed E-state index contributed by atoms with van der Waals surface area (Å²) in [6, 6.07) is 6.70. The highest BCUT2D eigenvalue weighted by atomic mass is 19.1. The Hall–Kier alpha value is -2.70. The van der Waals surface area contributed by atoms with Gasteiger partial charge in [0.15, 0.2) is 0 Å². The van der Waals surface area contributed by atoms with Crippen LogP contribution in [0.15, 0.2) is 36.9 Å². The Kier molecular flexibility index (Phi) is 3.55. The summed E-state index contributed by atoms with van der Waals surface area (Å²) in [5.74, 6) is -0.293. The Bertz CT molecular complexity index is 878. The summed E-state index contributed by atoms with van der Waals surface area (Å²) < 4.78 is 17.2. The van der Waals surface area contributed by atoms with Gasteiger partial charge >= 0.3 is 0 Å². The SMILES string of the molecule is Cn1c(C(=O)N2CCC(n3cnnc3)CC2)cc2cc(F)ccc21. The second-order valence-electron chi connectivity index (χ2n) is 6.22. The normalized spacial score (nSPS) is 16.0. The predicted molar refractivity (Wildman–Crippen MR) is 87.1 cm³/mol.